The molecule has 0 aromatic rings. The van der Waals surface area contributed by atoms with Crippen molar-refractivity contribution in [2.45, 2.75) is 70.9 Å². The molecule has 1 aliphatic carbocycles. The first-order valence-electron chi connectivity index (χ1n) is 7.20. The van der Waals surface area contributed by atoms with Gasteiger partial charge in [0.1, 0.15) is 0 Å². The standard InChI is InChI=1S/C15H30N2O/c1-5-7-8-13(17-16)15(18-6-2)11-9-14(3,4)10-12-15/h5,13,17H,1,6-12,16H2,2-4H3. The zero-order chi connectivity index (χ0) is 13.6. The summed E-state index contributed by atoms with van der Waals surface area (Å²) in [5.41, 5.74) is 3.35. The largest absolute Gasteiger partial charge is 0.374 e. The molecule has 0 aromatic heterocycles. The van der Waals surface area contributed by atoms with Crippen LogP contribution >= 0.6 is 0 Å². The maximum absolute atomic E-state index is 6.14. The smallest absolute Gasteiger partial charge is 0.0848 e. The van der Waals surface area contributed by atoms with Crippen LogP contribution in [0.25, 0.3) is 0 Å². The normalized spacial score (nSPS) is 23.6. The second kappa shape index (κ2) is 6.69. The molecule has 0 radical (unpaired) electrons. The van der Waals surface area contributed by atoms with Gasteiger partial charge in [-0.25, -0.2) is 0 Å². The van der Waals surface area contributed by atoms with E-state index in [0.29, 0.717) is 5.41 Å². The zero-order valence-corrected chi connectivity index (χ0v) is 12.3. The number of hydrazine groups is 1. The minimum absolute atomic E-state index is 0.0813. The Labute approximate surface area is 112 Å². The summed E-state index contributed by atoms with van der Waals surface area (Å²) in [5.74, 6) is 5.76. The molecule has 1 aliphatic rings. The Hall–Kier alpha value is -0.380. The molecule has 3 N–H and O–H groups in total. The molecule has 1 rings (SSSR count). The molecule has 0 heterocycles. The molecule has 0 amide bonds. The second-order valence-electron chi connectivity index (χ2n) is 6.25. The topological polar surface area (TPSA) is 47.3 Å². The molecule has 1 unspecified atom stereocenters. The summed E-state index contributed by atoms with van der Waals surface area (Å²) in [6.45, 7) is 11.3. The highest BCUT2D eigenvalue weighted by Crippen LogP contribution is 2.44. The van der Waals surface area contributed by atoms with Gasteiger partial charge in [-0.2, -0.15) is 0 Å². The lowest BCUT2D eigenvalue weighted by molar-refractivity contribution is -0.107. The van der Waals surface area contributed by atoms with Crippen molar-refractivity contribution in [1.82, 2.24) is 5.43 Å². The SMILES string of the molecule is C=CCCC(NN)C1(OCC)CCC(C)(C)CC1. The fourth-order valence-electron chi connectivity index (χ4n) is 3.01. The minimum atomic E-state index is -0.0813. The van der Waals surface area contributed by atoms with Crippen LogP contribution in [-0.2, 0) is 4.74 Å². The van der Waals surface area contributed by atoms with Crippen molar-refractivity contribution in [2.75, 3.05) is 6.61 Å². The van der Waals surface area contributed by atoms with Gasteiger partial charge in [-0.15, -0.1) is 6.58 Å². The molecule has 18 heavy (non-hydrogen) atoms. The summed E-state index contributed by atoms with van der Waals surface area (Å²) in [6, 6.07) is 0.228. The number of hydrogen-bond acceptors (Lipinski definition) is 3. The number of ether oxygens (including phenoxy) is 1. The van der Waals surface area contributed by atoms with Gasteiger partial charge < -0.3 is 4.74 Å². The van der Waals surface area contributed by atoms with Crippen molar-refractivity contribution in [3.63, 3.8) is 0 Å². The van der Waals surface area contributed by atoms with Crippen molar-refractivity contribution in [2.24, 2.45) is 11.3 Å². The fourth-order valence-corrected chi connectivity index (χ4v) is 3.01. The Morgan fingerprint density at radius 2 is 1.94 bits per heavy atom. The Balaban J connectivity index is 2.75. The number of hydrogen-bond donors (Lipinski definition) is 2. The van der Waals surface area contributed by atoms with E-state index in [1.807, 2.05) is 6.08 Å². The van der Waals surface area contributed by atoms with Crippen molar-refractivity contribution < 1.29 is 4.74 Å². The summed E-state index contributed by atoms with van der Waals surface area (Å²) in [6.07, 6.45) is 8.54. The van der Waals surface area contributed by atoms with Crippen LogP contribution in [0.5, 0.6) is 0 Å². The van der Waals surface area contributed by atoms with E-state index in [1.165, 1.54) is 12.8 Å². The lowest BCUT2D eigenvalue weighted by Gasteiger charge is -2.47. The quantitative estimate of drug-likeness (QED) is 0.417. The third kappa shape index (κ3) is 3.81. The number of allylic oxidation sites excluding steroid dienone is 1. The average Bonchev–Trinajstić information content (AvgIpc) is 2.34. The van der Waals surface area contributed by atoms with Gasteiger partial charge in [-0.1, -0.05) is 19.9 Å². The zero-order valence-electron chi connectivity index (χ0n) is 12.3. The summed E-state index contributed by atoms with van der Waals surface area (Å²) in [4.78, 5) is 0. The van der Waals surface area contributed by atoms with Gasteiger partial charge in [0.15, 0.2) is 0 Å². The predicted octanol–water partition coefficient (Wildman–Crippen LogP) is 3.16. The van der Waals surface area contributed by atoms with Gasteiger partial charge in [0, 0.05) is 6.61 Å². The van der Waals surface area contributed by atoms with E-state index in [4.69, 9.17) is 10.6 Å². The van der Waals surface area contributed by atoms with Crippen LogP contribution in [0.15, 0.2) is 12.7 Å². The van der Waals surface area contributed by atoms with Gasteiger partial charge >= 0.3 is 0 Å². The number of nitrogens with one attached hydrogen (secondary N) is 1. The molecule has 106 valence electrons. The molecule has 0 aromatic carbocycles. The summed E-state index contributed by atoms with van der Waals surface area (Å²) >= 11 is 0. The highest BCUT2D eigenvalue weighted by Gasteiger charge is 2.43. The van der Waals surface area contributed by atoms with Crippen molar-refractivity contribution in [3.8, 4) is 0 Å². The first-order chi connectivity index (χ1) is 8.49. The Kier molecular flexibility index (Phi) is 5.83. The average molecular weight is 254 g/mol. The van der Waals surface area contributed by atoms with E-state index in [9.17, 15) is 0 Å². The summed E-state index contributed by atoms with van der Waals surface area (Å²) in [7, 11) is 0. The number of rotatable bonds is 7. The Morgan fingerprint density at radius 3 is 2.39 bits per heavy atom. The van der Waals surface area contributed by atoms with Gasteiger partial charge in [0.2, 0.25) is 0 Å². The summed E-state index contributed by atoms with van der Waals surface area (Å²) < 4.78 is 6.14. The van der Waals surface area contributed by atoms with E-state index in [0.717, 1.165) is 32.3 Å². The van der Waals surface area contributed by atoms with E-state index in [2.05, 4.69) is 32.8 Å². The lowest BCUT2D eigenvalue weighted by Crippen LogP contribution is -2.57. The van der Waals surface area contributed by atoms with Gasteiger partial charge in [0.25, 0.3) is 0 Å². The molecular weight excluding hydrogens is 224 g/mol. The molecule has 3 heteroatoms. The van der Waals surface area contributed by atoms with Crippen LogP contribution in [0.2, 0.25) is 0 Å². The van der Waals surface area contributed by atoms with E-state index >= 15 is 0 Å². The molecule has 1 atom stereocenters. The predicted molar refractivity (Wildman–Crippen MR) is 77.1 cm³/mol. The third-order valence-corrected chi connectivity index (χ3v) is 4.38. The first-order valence-corrected chi connectivity index (χ1v) is 7.20. The first kappa shape index (κ1) is 15.7. The Morgan fingerprint density at radius 1 is 1.33 bits per heavy atom. The van der Waals surface area contributed by atoms with E-state index in [-0.39, 0.29) is 11.6 Å². The monoisotopic (exact) mass is 254 g/mol. The van der Waals surface area contributed by atoms with Crippen LogP contribution in [0.3, 0.4) is 0 Å². The van der Waals surface area contributed by atoms with Gasteiger partial charge in [0.05, 0.1) is 11.6 Å². The molecular formula is C15H30N2O. The van der Waals surface area contributed by atoms with Crippen molar-refractivity contribution >= 4 is 0 Å². The van der Waals surface area contributed by atoms with Crippen molar-refractivity contribution in [3.05, 3.63) is 12.7 Å². The highest BCUT2D eigenvalue weighted by atomic mass is 16.5. The molecule has 3 nitrogen and oxygen atoms in total. The van der Waals surface area contributed by atoms with Crippen LogP contribution in [-0.4, -0.2) is 18.2 Å². The van der Waals surface area contributed by atoms with E-state index < -0.39 is 0 Å². The van der Waals surface area contributed by atoms with Crippen LogP contribution in [0.4, 0.5) is 0 Å². The molecule has 1 saturated carbocycles. The summed E-state index contributed by atoms with van der Waals surface area (Å²) in [5, 5.41) is 0. The molecule has 0 spiro atoms. The Bertz CT molecular complexity index is 253. The fraction of sp³-hybridized carbons (Fsp3) is 0.867. The molecule has 0 saturated heterocycles. The highest BCUT2D eigenvalue weighted by molar-refractivity contribution is 4.98. The maximum atomic E-state index is 6.14. The molecule has 0 aliphatic heterocycles. The number of nitrogens with two attached hydrogens (primary N) is 1. The molecule has 0 bridgehead atoms. The maximum Gasteiger partial charge on any atom is 0.0848 e. The van der Waals surface area contributed by atoms with Crippen LogP contribution in [0, 0.1) is 5.41 Å². The third-order valence-electron chi connectivity index (χ3n) is 4.38. The molecule has 1 fully saturated rings. The van der Waals surface area contributed by atoms with E-state index in [1.54, 1.807) is 0 Å². The minimum Gasteiger partial charge on any atom is -0.374 e. The van der Waals surface area contributed by atoms with Crippen LogP contribution < -0.4 is 11.3 Å². The van der Waals surface area contributed by atoms with Crippen molar-refractivity contribution in [1.29, 1.82) is 0 Å². The second-order valence-corrected chi connectivity index (χ2v) is 6.25. The van der Waals surface area contributed by atoms with Gasteiger partial charge in [-0.3, -0.25) is 11.3 Å². The lowest BCUT2D eigenvalue weighted by atomic mass is 9.68. The van der Waals surface area contributed by atoms with Gasteiger partial charge in [-0.05, 0) is 50.9 Å². The van der Waals surface area contributed by atoms with Crippen LogP contribution in [0.1, 0.15) is 59.3 Å².